The summed E-state index contributed by atoms with van der Waals surface area (Å²) in [4.78, 5) is 17.1. The Labute approximate surface area is 124 Å². The number of ether oxygens (including phenoxy) is 1. The van der Waals surface area contributed by atoms with Crippen LogP contribution < -0.4 is 10.2 Å². The van der Waals surface area contributed by atoms with Crippen LogP contribution in [0.1, 0.15) is 19.8 Å². The van der Waals surface area contributed by atoms with Gasteiger partial charge in [-0.2, -0.15) is 0 Å². The number of hydrogen-bond donors (Lipinski definition) is 1. The molecule has 1 N–H and O–H groups in total. The third kappa shape index (κ3) is 4.29. The summed E-state index contributed by atoms with van der Waals surface area (Å²) >= 11 is 0. The molecule has 0 unspecified atom stereocenters. The maximum Gasteiger partial charge on any atom is 0.276 e. The quantitative estimate of drug-likeness (QED) is 0.640. The predicted octanol–water partition coefficient (Wildman–Crippen LogP) is 2.28. The fourth-order valence-electron chi connectivity index (χ4n) is 2.48. The van der Waals surface area contributed by atoms with E-state index >= 15 is 0 Å². The highest BCUT2D eigenvalue weighted by Crippen LogP contribution is 2.24. The molecule has 0 aliphatic carbocycles. The maximum atomic E-state index is 11.0. The van der Waals surface area contributed by atoms with Gasteiger partial charge in [0.1, 0.15) is 11.6 Å². The van der Waals surface area contributed by atoms with Crippen molar-refractivity contribution >= 4 is 17.3 Å². The van der Waals surface area contributed by atoms with E-state index in [-0.39, 0.29) is 10.6 Å². The van der Waals surface area contributed by atoms with Gasteiger partial charge in [-0.3, -0.25) is 10.1 Å². The summed E-state index contributed by atoms with van der Waals surface area (Å²) < 4.78 is 5.36. The van der Waals surface area contributed by atoms with Crippen molar-refractivity contribution in [3.63, 3.8) is 0 Å². The fraction of sp³-hybridized carbons (Fsp3) is 0.643. The smallest absolute Gasteiger partial charge is 0.276 e. The summed E-state index contributed by atoms with van der Waals surface area (Å²) in [5.74, 6) is 1.72. The predicted molar refractivity (Wildman–Crippen MR) is 81.9 cm³/mol. The number of rotatable bonds is 6. The maximum absolute atomic E-state index is 11.0. The highest BCUT2D eigenvalue weighted by atomic mass is 16.6. The normalized spacial score (nSPS) is 15.7. The van der Waals surface area contributed by atoms with Crippen LogP contribution in [0.5, 0.6) is 0 Å². The molecule has 7 heteroatoms. The molecule has 1 aliphatic heterocycles. The zero-order chi connectivity index (χ0) is 15.2. The SMILES string of the molecule is CCNc1cc([N+](=O)[O-])cc(N(C)CC2CCOCC2)n1. The summed E-state index contributed by atoms with van der Waals surface area (Å²) in [6.45, 7) is 5.04. The number of pyridine rings is 1. The molecule has 1 saturated heterocycles. The zero-order valence-electron chi connectivity index (χ0n) is 12.5. The number of aromatic nitrogens is 1. The fourth-order valence-corrected chi connectivity index (χ4v) is 2.48. The van der Waals surface area contributed by atoms with E-state index in [9.17, 15) is 10.1 Å². The van der Waals surface area contributed by atoms with Crippen LogP contribution in [-0.4, -0.2) is 43.3 Å². The lowest BCUT2D eigenvalue weighted by Gasteiger charge is -2.27. The molecule has 21 heavy (non-hydrogen) atoms. The van der Waals surface area contributed by atoms with Crippen LogP contribution >= 0.6 is 0 Å². The second-order valence-corrected chi connectivity index (χ2v) is 5.29. The molecular weight excluding hydrogens is 272 g/mol. The summed E-state index contributed by atoms with van der Waals surface area (Å²) in [5, 5.41) is 14.1. The van der Waals surface area contributed by atoms with Crippen molar-refractivity contribution in [2.24, 2.45) is 5.92 Å². The Morgan fingerprint density at radius 3 is 2.81 bits per heavy atom. The van der Waals surface area contributed by atoms with E-state index < -0.39 is 0 Å². The van der Waals surface area contributed by atoms with Gasteiger partial charge in [0, 0.05) is 33.4 Å². The van der Waals surface area contributed by atoms with Gasteiger partial charge in [0.2, 0.25) is 0 Å². The van der Waals surface area contributed by atoms with E-state index in [1.165, 1.54) is 12.1 Å². The van der Waals surface area contributed by atoms with Gasteiger partial charge >= 0.3 is 0 Å². The number of nitro groups is 1. The van der Waals surface area contributed by atoms with Crippen molar-refractivity contribution < 1.29 is 9.66 Å². The molecule has 0 bridgehead atoms. The van der Waals surface area contributed by atoms with Crippen LogP contribution in [0.3, 0.4) is 0 Å². The summed E-state index contributed by atoms with van der Waals surface area (Å²) in [6, 6.07) is 3.00. The Hall–Kier alpha value is -1.89. The standard InChI is InChI=1S/C14H22N4O3/c1-3-15-13-8-12(18(19)20)9-14(16-13)17(2)10-11-4-6-21-7-5-11/h8-9,11H,3-7,10H2,1-2H3,(H,15,16). The molecule has 116 valence electrons. The molecule has 0 aromatic carbocycles. The van der Waals surface area contributed by atoms with E-state index in [1.807, 2.05) is 18.9 Å². The molecule has 7 nitrogen and oxygen atoms in total. The van der Waals surface area contributed by atoms with Gasteiger partial charge in [0.25, 0.3) is 5.69 Å². The Bertz CT molecular complexity index is 489. The summed E-state index contributed by atoms with van der Waals surface area (Å²) in [6.07, 6.45) is 2.05. The van der Waals surface area contributed by atoms with Gasteiger partial charge in [-0.25, -0.2) is 4.98 Å². The number of nitrogens with one attached hydrogen (secondary N) is 1. The van der Waals surface area contributed by atoms with E-state index in [1.54, 1.807) is 0 Å². The summed E-state index contributed by atoms with van der Waals surface area (Å²) in [7, 11) is 1.93. The van der Waals surface area contributed by atoms with Crippen LogP contribution in [0, 0.1) is 16.0 Å². The average Bonchev–Trinajstić information content (AvgIpc) is 2.48. The molecule has 0 saturated carbocycles. The minimum atomic E-state index is -0.381. The minimum absolute atomic E-state index is 0.0646. The largest absolute Gasteiger partial charge is 0.381 e. The van der Waals surface area contributed by atoms with E-state index in [2.05, 4.69) is 10.3 Å². The average molecular weight is 294 g/mol. The molecule has 0 radical (unpaired) electrons. The molecule has 1 aromatic heterocycles. The first-order chi connectivity index (χ1) is 10.1. The Kier molecular flexibility index (Phi) is 5.32. The number of hydrogen-bond acceptors (Lipinski definition) is 6. The highest BCUT2D eigenvalue weighted by Gasteiger charge is 2.19. The van der Waals surface area contributed by atoms with Crippen molar-refractivity contribution in [1.82, 2.24) is 4.98 Å². The molecule has 1 fully saturated rings. The van der Waals surface area contributed by atoms with Crippen molar-refractivity contribution in [3.8, 4) is 0 Å². The molecule has 0 amide bonds. The second kappa shape index (κ2) is 7.21. The minimum Gasteiger partial charge on any atom is -0.381 e. The molecule has 2 rings (SSSR count). The van der Waals surface area contributed by atoms with E-state index in [0.29, 0.717) is 24.1 Å². The van der Waals surface area contributed by atoms with Crippen molar-refractivity contribution in [1.29, 1.82) is 0 Å². The molecule has 2 heterocycles. The van der Waals surface area contributed by atoms with Crippen molar-refractivity contribution in [3.05, 3.63) is 22.2 Å². The van der Waals surface area contributed by atoms with Crippen LogP contribution in [0.15, 0.2) is 12.1 Å². The number of anilines is 2. The van der Waals surface area contributed by atoms with Gasteiger partial charge < -0.3 is 15.0 Å². The molecule has 0 atom stereocenters. The first-order valence-corrected chi connectivity index (χ1v) is 7.29. The van der Waals surface area contributed by atoms with Gasteiger partial charge in [0.15, 0.2) is 0 Å². The Morgan fingerprint density at radius 2 is 2.19 bits per heavy atom. The Morgan fingerprint density at radius 1 is 1.48 bits per heavy atom. The van der Waals surface area contributed by atoms with Crippen LogP contribution in [-0.2, 0) is 4.74 Å². The first kappa shape index (κ1) is 15.5. The van der Waals surface area contributed by atoms with Crippen LogP contribution in [0.4, 0.5) is 17.3 Å². The molecule has 0 spiro atoms. The summed E-state index contributed by atoms with van der Waals surface area (Å²) in [5.41, 5.74) is 0.0646. The van der Waals surface area contributed by atoms with E-state index in [4.69, 9.17) is 4.74 Å². The van der Waals surface area contributed by atoms with Crippen LogP contribution in [0.25, 0.3) is 0 Å². The topological polar surface area (TPSA) is 80.5 Å². The van der Waals surface area contributed by atoms with Gasteiger partial charge in [-0.1, -0.05) is 0 Å². The van der Waals surface area contributed by atoms with Gasteiger partial charge in [0.05, 0.1) is 17.1 Å². The zero-order valence-corrected chi connectivity index (χ0v) is 12.5. The van der Waals surface area contributed by atoms with Gasteiger partial charge in [-0.15, -0.1) is 0 Å². The lowest BCUT2D eigenvalue weighted by molar-refractivity contribution is -0.384. The molecule has 1 aromatic rings. The van der Waals surface area contributed by atoms with Crippen LogP contribution in [0.2, 0.25) is 0 Å². The Balaban J connectivity index is 2.13. The molecular formula is C14H22N4O3. The highest BCUT2D eigenvalue weighted by molar-refractivity contribution is 5.55. The monoisotopic (exact) mass is 294 g/mol. The number of nitrogens with zero attached hydrogens (tertiary/aromatic N) is 3. The lowest BCUT2D eigenvalue weighted by Crippen LogP contribution is -2.30. The lowest BCUT2D eigenvalue weighted by atomic mass is 10.00. The van der Waals surface area contributed by atoms with Crippen molar-refractivity contribution in [2.45, 2.75) is 19.8 Å². The van der Waals surface area contributed by atoms with Gasteiger partial charge in [-0.05, 0) is 25.7 Å². The second-order valence-electron chi connectivity index (χ2n) is 5.29. The van der Waals surface area contributed by atoms with Crippen molar-refractivity contribution in [2.75, 3.05) is 43.6 Å². The third-order valence-electron chi connectivity index (χ3n) is 3.63. The van der Waals surface area contributed by atoms with E-state index in [0.717, 1.165) is 32.6 Å². The first-order valence-electron chi connectivity index (χ1n) is 7.29. The molecule has 1 aliphatic rings. The third-order valence-corrected chi connectivity index (χ3v) is 3.63.